The summed E-state index contributed by atoms with van der Waals surface area (Å²) in [4.78, 5) is 70.2. The second-order valence-corrected chi connectivity index (χ2v) is 18.1. The third kappa shape index (κ3) is 7.89. The SMILES string of the molecule is COC(=O)N[C@H](C(=O)N1[C@@H](C)CC[C@H]1C1=Nc2ccc3cc4c(cc3c2C1)OCc1cc(-c2cnc([C@@H]3CC[C@H](C)N3C(=O)[C@@H](NC(=O)OC)C3CCOCC3)[nH]2)ccc1-4)C(C)C. The molecule has 332 valence electrons. The minimum absolute atomic E-state index is 0.0124. The number of fused-ring (bicyclic) bond motifs is 6. The molecule has 5 aliphatic rings. The summed E-state index contributed by atoms with van der Waals surface area (Å²) in [7, 11) is 2.62. The van der Waals surface area contributed by atoms with Gasteiger partial charge >= 0.3 is 12.2 Å². The molecule has 3 N–H and O–H groups in total. The highest BCUT2D eigenvalue weighted by Gasteiger charge is 2.44. The van der Waals surface area contributed by atoms with Crippen LogP contribution in [0, 0.1) is 11.8 Å². The van der Waals surface area contributed by atoms with Gasteiger partial charge in [-0.1, -0.05) is 32.0 Å². The Bertz CT molecular complexity index is 2480. The van der Waals surface area contributed by atoms with E-state index in [0.29, 0.717) is 44.9 Å². The molecule has 3 fully saturated rings. The number of aromatic nitrogens is 2. The van der Waals surface area contributed by atoms with E-state index in [2.05, 4.69) is 71.9 Å². The zero-order valence-electron chi connectivity index (χ0n) is 36.9. The second kappa shape index (κ2) is 17.3. The molecule has 5 aliphatic heterocycles. The van der Waals surface area contributed by atoms with Gasteiger partial charge < -0.3 is 44.4 Å². The summed E-state index contributed by atoms with van der Waals surface area (Å²) < 4.78 is 21.8. The molecule has 3 saturated heterocycles. The minimum atomic E-state index is -0.711. The Morgan fingerprint density at radius 2 is 1.54 bits per heavy atom. The molecule has 0 spiro atoms. The molecule has 9 rings (SSSR count). The van der Waals surface area contributed by atoms with E-state index < -0.39 is 24.3 Å². The molecule has 0 aliphatic carbocycles. The van der Waals surface area contributed by atoms with E-state index in [9.17, 15) is 19.2 Å². The molecule has 0 radical (unpaired) electrons. The molecule has 3 aromatic carbocycles. The Labute approximate surface area is 367 Å². The van der Waals surface area contributed by atoms with Crippen LogP contribution in [0.4, 0.5) is 15.3 Å². The number of nitrogens with zero attached hydrogens (tertiary/aromatic N) is 4. The highest BCUT2D eigenvalue weighted by Crippen LogP contribution is 2.45. The molecule has 15 nitrogen and oxygen atoms in total. The number of carbonyl (C=O) groups is 4. The first-order chi connectivity index (χ1) is 30.4. The Morgan fingerprint density at radius 1 is 0.825 bits per heavy atom. The lowest BCUT2D eigenvalue weighted by Crippen LogP contribution is -2.55. The Morgan fingerprint density at radius 3 is 2.27 bits per heavy atom. The smallest absolute Gasteiger partial charge is 0.407 e. The van der Waals surface area contributed by atoms with Crippen molar-refractivity contribution in [2.75, 3.05) is 27.4 Å². The van der Waals surface area contributed by atoms with Crippen molar-refractivity contribution >= 4 is 46.2 Å². The summed E-state index contributed by atoms with van der Waals surface area (Å²) >= 11 is 0. The fourth-order valence-electron chi connectivity index (χ4n) is 10.5. The van der Waals surface area contributed by atoms with Crippen LogP contribution in [0.3, 0.4) is 0 Å². The molecule has 0 unspecified atom stereocenters. The van der Waals surface area contributed by atoms with Crippen LogP contribution in [0.15, 0.2) is 53.7 Å². The summed E-state index contributed by atoms with van der Waals surface area (Å²) in [6, 6.07) is 13.1. The van der Waals surface area contributed by atoms with Crippen LogP contribution in [0.1, 0.15) is 89.2 Å². The van der Waals surface area contributed by atoms with Gasteiger partial charge in [0.2, 0.25) is 11.8 Å². The molecule has 0 saturated carbocycles. The predicted octanol–water partition coefficient (Wildman–Crippen LogP) is 7.38. The first-order valence-electron chi connectivity index (χ1n) is 22.3. The van der Waals surface area contributed by atoms with Gasteiger partial charge in [-0.25, -0.2) is 14.6 Å². The molecule has 6 heterocycles. The number of amides is 4. The van der Waals surface area contributed by atoms with Gasteiger partial charge in [-0.2, -0.15) is 0 Å². The van der Waals surface area contributed by atoms with E-state index in [1.165, 1.54) is 14.2 Å². The Kier molecular flexibility index (Phi) is 11.6. The lowest BCUT2D eigenvalue weighted by atomic mass is 9.90. The maximum atomic E-state index is 14.3. The van der Waals surface area contributed by atoms with Crippen LogP contribution in [0.25, 0.3) is 33.2 Å². The minimum Gasteiger partial charge on any atom is -0.488 e. The predicted molar refractivity (Wildman–Crippen MR) is 237 cm³/mol. The molecule has 0 bridgehead atoms. The number of aliphatic imine (C=N–C) groups is 1. The van der Waals surface area contributed by atoms with Crippen LogP contribution >= 0.6 is 0 Å². The van der Waals surface area contributed by atoms with Crippen LogP contribution < -0.4 is 15.4 Å². The van der Waals surface area contributed by atoms with Crippen molar-refractivity contribution in [3.05, 3.63) is 65.6 Å². The number of aromatic amines is 1. The molecule has 63 heavy (non-hydrogen) atoms. The number of H-pyrrole nitrogens is 1. The van der Waals surface area contributed by atoms with E-state index in [1.54, 1.807) is 0 Å². The van der Waals surface area contributed by atoms with Gasteiger partial charge in [0.25, 0.3) is 0 Å². The number of rotatable bonds is 9. The third-order valence-electron chi connectivity index (χ3n) is 13.9. The van der Waals surface area contributed by atoms with Gasteiger partial charge in [-0.05, 0) is 121 Å². The molecule has 4 aromatic rings. The number of carbonyl (C=O) groups excluding carboxylic acids is 4. The lowest BCUT2D eigenvalue weighted by molar-refractivity contribution is -0.138. The summed E-state index contributed by atoms with van der Waals surface area (Å²) in [5.41, 5.74) is 8.00. The molecule has 1 aromatic heterocycles. The first-order valence-corrected chi connectivity index (χ1v) is 22.3. The number of benzene rings is 3. The van der Waals surface area contributed by atoms with Crippen molar-refractivity contribution in [1.82, 2.24) is 30.4 Å². The fraction of sp³-hybridized carbons (Fsp3) is 0.500. The standard InChI is InChI=1S/C48H57N7O8/c1-25(2)42(52-47(58)60-5)45(56)54-26(3)7-13-39(54)37-21-34-33-22-41-35(20-29(33)10-12-36(34)50-37)32-11-9-30(19-31(32)24-63-41)38-23-49-44(51-38)40-14-8-27(4)55(40)46(57)43(53-48(59)61-6)28-15-17-62-18-16-28/h9-12,19-20,22-23,25-28,39-40,42-43H,7-8,13-18,21,24H2,1-6H3,(H,49,51)(H,52,58)(H,53,59)/t26-,27-,39-,40-,42-,43-/m0/s1. The normalized spacial score (nSPS) is 22.7. The second-order valence-electron chi connectivity index (χ2n) is 18.1. The zero-order chi connectivity index (χ0) is 44.1. The van der Waals surface area contributed by atoms with Crippen LogP contribution in [0.5, 0.6) is 5.75 Å². The van der Waals surface area contributed by atoms with E-state index >= 15 is 0 Å². The summed E-state index contributed by atoms with van der Waals surface area (Å²) in [6.45, 7) is 9.46. The number of hydrogen-bond donors (Lipinski definition) is 3. The number of nitrogens with one attached hydrogen (secondary N) is 3. The van der Waals surface area contributed by atoms with Crippen molar-refractivity contribution in [2.24, 2.45) is 16.8 Å². The average molecular weight is 860 g/mol. The number of hydrogen-bond acceptors (Lipinski definition) is 10. The van der Waals surface area contributed by atoms with E-state index in [4.69, 9.17) is 28.9 Å². The van der Waals surface area contributed by atoms with Gasteiger partial charge in [0.05, 0.1) is 43.9 Å². The average Bonchev–Trinajstić information content (AvgIpc) is 4.12. The number of imidazole rings is 1. The van der Waals surface area contributed by atoms with Crippen molar-refractivity contribution in [2.45, 2.75) is 115 Å². The summed E-state index contributed by atoms with van der Waals surface area (Å²) in [6.07, 6.45) is 5.83. The number of likely N-dealkylation sites (tertiary alicyclic amines) is 2. The molecule has 4 amide bonds. The molecule has 15 heteroatoms. The fourth-order valence-corrected chi connectivity index (χ4v) is 10.5. The summed E-state index contributed by atoms with van der Waals surface area (Å²) in [5.74, 6) is 1.13. The van der Waals surface area contributed by atoms with Gasteiger partial charge in [0.1, 0.15) is 30.3 Å². The molecular weight excluding hydrogens is 803 g/mol. The zero-order valence-corrected chi connectivity index (χ0v) is 36.9. The van der Waals surface area contributed by atoms with E-state index in [0.717, 1.165) is 87.1 Å². The van der Waals surface area contributed by atoms with Crippen LogP contribution in [-0.4, -0.2) is 107 Å². The highest BCUT2D eigenvalue weighted by molar-refractivity contribution is 6.06. The maximum absolute atomic E-state index is 14.3. The van der Waals surface area contributed by atoms with Gasteiger partial charge in [-0.3, -0.25) is 14.6 Å². The van der Waals surface area contributed by atoms with Crippen LogP contribution in [0.2, 0.25) is 0 Å². The number of ether oxygens (including phenoxy) is 4. The monoisotopic (exact) mass is 859 g/mol. The van der Waals surface area contributed by atoms with Gasteiger partial charge in [0, 0.05) is 43.0 Å². The van der Waals surface area contributed by atoms with Crippen molar-refractivity contribution in [3.8, 4) is 28.1 Å². The van der Waals surface area contributed by atoms with Gasteiger partial charge in [-0.15, -0.1) is 0 Å². The quantitative estimate of drug-likeness (QED) is 0.155. The van der Waals surface area contributed by atoms with Crippen molar-refractivity contribution in [3.63, 3.8) is 0 Å². The number of methoxy groups -OCH3 is 2. The van der Waals surface area contributed by atoms with Gasteiger partial charge in [0.15, 0.2) is 0 Å². The Balaban J connectivity index is 0.932. The third-order valence-corrected chi connectivity index (χ3v) is 13.9. The van der Waals surface area contributed by atoms with E-state index in [1.807, 2.05) is 29.8 Å². The highest BCUT2D eigenvalue weighted by atomic mass is 16.5. The maximum Gasteiger partial charge on any atom is 0.407 e. The lowest BCUT2D eigenvalue weighted by Gasteiger charge is -2.36. The molecule has 6 atom stereocenters. The van der Waals surface area contributed by atoms with Crippen molar-refractivity contribution in [1.29, 1.82) is 0 Å². The van der Waals surface area contributed by atoms with Crippen molar-refractivity contribution < 1.29 is 38.1 Å². The molecular formula is C48H57N7O8. The Hall–Kier alpha value is -5.96. The topological polar surface area (TPSA) is 177 Å². The first kappa shape index (κ1) is 42.3. The summed E-state index contributed by atoms with van der Waals surface area (Å²) in [5, 5.41) is 7.77. The van der Waals surface area contributed by atoms with E-state index in [-0.39, 0.29) is 47.8 Å². The largest absolute Gasteiger partial charge is 0.488 e. The number of alkyl carbamates (subject to hydrolysis) is 2. The van der Waals surface area contributed by atoms with Crippen LogP contribution in [-0.2, 0) is 36.8 Å².